The molecule has 1 aliphatic rings. The van der Waals surface area contributed by atoms with Crippen LogP contribution in [0.15, 0.2) is 24.3 Å². The number of likely N-dealkylation sites (tertiary alicyclic amines) is 1. The monoisotopic (exact) mass is 321 g/mol. The van der Waals surface area contributed by atoms with Gasteiger partial charge in [-0.2, -0.15) is 0 Å². The van der Waals surface area contributed by atoms with Crippen LogP contribution in [0.25, 0.3) is 0 Å². The summed E-state index contributed by atoms with van der Waals surface area (Å²) in [5.74, 6) is 0.534. The van der Waals surface area contributed by atoms with Gasteiger partial charge in [0.25, 0.3) is 0 Å². The van der Waals surface area contributed by atoms with E-state index in [-0.39, 0.29) is 11.8 Å². The van der Waals surface area contributed by atoms with Crippen molar-refractivity contribution in [1.82, 2.24) is 15.5 Å². The Balaban J connectivity index is 1.51. The second-order valence-electron chi connectivity index (χ2n) is 6.49. The quantitative estimate of drug-likeness (QED) is 0.758. The van der Waals surface area contributed by atoms with Crippen molar-refractivity contribution < 1.29 is 9.18 Å². The first-order valence-electron chi connectivity index (χ1n) is 8.62. The molecule has 1 aliphatic heterocycles. The van der Waals surface area contributed by atoms with Crippen molar-refractivity contribution in [2.24, 2.45) is 5.92 Å². The van der Waals surface area contributed by atoms with Gasteiger partial charge in [0, 0.05) is 19.6 Å². The molecule has 2 amide bonds. The molecule has 0 saturated carbocycles. The zero-order valence-electron chi connectivity index (χ0n) is 14.0. The van der Waals surface area contributed by atoms with Crippen molar-refractivity contribution in [3.63, 3.8) is 0 Å². The number of rotatable bonds is 7. The van der Waals surface area contributed by atoms with E-state index in [9.17, 15) is 9.18 Å². The molecule has 1 fully saturated rings. The van der Waals surface area contributed by atoms with Crippen LogP contribution in [-0.2, 0) is 6.54 Å². The van der Waals surface area contributed by atoms with E-state index in [4.69, 9.17) is 0 Å². The van der Waals surface area contributed by atoms with Crippen LogP contribution in [0.5, 0.6) is 0 Å². The number of nitrogens with zero attached hydrogens (tertiary/aromatic N) is 1. The molecular formula is C18H28FN3O. The zero-order chi connectivity index (χ0) is 16.5. The van der Waals surface area contributed by atoms with Crippen LogP contribution < -0.4 is 10.6 Å². The van der Waals surface area contributed by atoms with E-state index in [1.54, 1.807) is 12.1 Å². The summed E-state index contributed by atoms with van der Waals surface area (Å²) in [5.41, 5.74) is 0.763. The number of piperidine rings is 1. The third-order valence-electron chi connectivity index (χ3n) is 4.27. The number of nitrogens with one attached hydrogen (secondary N) is 2. The molecule has 1 atom stereocenters. The molecule has 0 bridgehead atoms. The molecule has 2 N–H and O–H groups in total. The lowest BCUT2D eigenvalue weighted by Gasteiger charge is -2.30. The van der Waals surface area contributed by atoms with Gasteiger partial charge in [-0.15, -0.1) is 0 Å². The number of urea groups is 1. The second-order valence-corrected chi connectivity index (χ2v) is 6.49. The van der Waals surface area contributed by atoms with Gasteiger partial charge in [-0.3, -0.25) is 0 Å². The Hall–Kier alpha value is -1.62. The molecule has 5 heteroatoms. The Morgan fingerprint density at radius 3 is 3.00 bits per heavy atom. The summed E-state index contributed by atoms with van der Waals surface area (Å²) >= 11 is 0. The molecule has 1 aromatic carbocycles. The predicted molar refractivity (Wildman–Crippen MR) is 90.7 cm³/mol. The van der Waals surface area contributed by atoms with Gasteiger partial charge in [0.15, 0.2) is 0 Å². The molecule has 1 saturated heterocycles. The van der Waals surface area contributed by atoms with E-state index in [0.29, 0.717) is 13.1 Å². The lowest BCUT2D eigenvalue weighted by Crippen LogP contribution is -2.37. The number of carbonyl (C=O) groups is 1. The van der Waals surface area contributed by atoms with Crippen molar-refractivity contribution in [3.8, 4) is 0 Å². The molecule has 0 radical (unpaired) electrons. The first kappa shape index (κ1) is 17.7. The molecule has 0 aromatic heterocycles. The van der Waals surface area contributed by atoms with Crippen LogP contribution in [0.3, 0.4) is 0 Å². The first-order valence-corrected chi connectivity index (χ1v) is 8.62. The Kier molecular flexibility index (Phi) is 7.33. The number of amides is 2. The average molecular weight is 321 g/mol. The third-order valence-corrected chi connectivity index (χ3v) is 4.27. The van der Waals surface area contributed by atoms with Crippen LogP contribution in [0.2, 0.25) is 0 Å². The predicted octanol–water partition coefficient (Wildman–Crippen LogP) is 3.14. The second kappa shape index (κ2) is 9.50. The van der Waals surface area contributed by atoms with E-state index >= 15 is 0 Å². The summed E-state index contributed by atoms with van der Waals surface area (Å²) in [4.78, 5) is 14.2. The molecule has 1 heterocycles. The number of carbonyl (C=O) groups excluding carboxylic acids is 1. The van der Waals surface area contributed by atoms with Gasteiger partial charge in [0.05, 0.1) is 0 Å². The topological polar surface area (TPSA) is 44.4 Å². The summed E-state index contributed by atoms with van der Waals surface area (Å²) in [6.45, 7) is 6.88. The number of halogens is 1. The Bertz CT molecular complexity index is 495. The zero-order valence-corrected chi connectivity index (χ0v) is 14.0. The smallest absolute Gasteiger partial charge is 0.315 e. The van der Waals surface area contributed by atoms with Gasteiger partial charge in [-0.05, 0) is 62.4 Å². The Morgan fingerprint density at radius 2 is 2.22 bits per heavy atom. The average Bonchev–Trinajstić information content (AvgIpc) is 2.53. The van der Waals surface area contributed by atoms with Gasteiger partial charge < -0.3 is 15.5 Å². The maximum atomic E-state index is 13.0. The van der Waals surface area contributed by atoms with Crippen molar-refractivity contribution in [1.29, 1.82) is 0 Å². The maximum Gasteiger partial charge on any atom is 0.315 e. The minimum Gasteiger partial charge on any atom is -0.338 e. The SMILES string of the molecule is C[C@@H]1CCCN(CCCCNC(=O)NCc2cccc(F)c2)C1. The van der Waals surface area contributed by atoms with Crippen LogP contribution in [-0.4, -0.2) is 37.1 Å². The van der Waals surface area contributed by atoms with Gasteiger partial charge in [-0.25, -0.2) is 9.18 Å². The van der Waals surface area contributed by atoms with Crippen molar-refractivity contribution in [2.45, 2.75) is 39.2 Å². The minimum atomic E-state index is -0.281. The number of benzene rings is 1. The Morgan fingerprint density at radius 1 is 1.35 bits per heavy atom. The van der Waals surface area contributed by atoms with Crippen molar-refractivity contribution >= 4 is 6.03 Å². The van der Waals surface area contributed by atoms with E-state index in [2.05, 4.69) is 22.5 Å². The van der Waals surface area contributed by atoms with Gasteiger partial charge in [0.1, 0.15) is 5.82 Å². The summed E-state index contributed by atoms with van der Waals surface area (Å²) in [6.07, 6.45) is 4.75. The maximum absolute atomic E-state index is 13.0. The normalized spacial score (nSPS) is 18.6. The van der Waals surface area contributed by atoms with Crippen molar-refractivity contribution in [2.75, 3.05) is 26.2 Å². The highest BCUT2D eigenvalue weighted by molar-refractivity contribution is 5.73. The standard InChI is InChI=1S/C18H28FN3O/c1-15-6-5-11-22(14-15)10-3-2-9-20-18(23)21-13-16-7-4-8-17(19)12-16/h4,7-8,12,15H,2-3,5-6,9-11,13-14H2,1H3,(H2,20,21,23)/t15-/m1/s1. The van der Waals surface area contributed by atoms with Crippen LogP contribution in [0.4, 0.5) is 9.18 Å². The molecule has 23 heavy (non-hydrogen) atoms. The Labute approximate surface area is 138 Å². The fraction of sp³-hybridized carbons (Fsp3) is 0.611. The lowest BCUT2D eigenvalue weighted by atomic mass is 10.0. The number of hydrogen-bond donors (Lipinski definition) is 2. The van der Waals surface area contributed by atoms with Gasteiger partial charge in [0.2, 0.25) is 0 Å². The lowest BCUT2D eigenvalue weighted by molar-refractivity contribution is 0.181. The molecule has 128 valence electrons. The highest BCUT2D eigenvalue weighted by Crippen LogP contribution is 2.15. The van der Waals surface area contributed by atoms with Crippen LogP contribution in [0.1, 0.15) is 38.2 Å². The van der Waals surface area contributed by atoms with Crippen molar-refractivity contribution in [3.05, 3.63) is 35.6 Å². The minimum absolute atomic E-state index is 0.194. The molecule has 0 spiro atoms. The molecule has 1 aromatic rings. The van der Waals surface area contributed by atoms with Crippen LogP contribution in [0, 0.1) is 11.7 Å². The summed E-state index contributed by atoms with van der Waals surface area (Å²) < 4.78 is 13.0. The third kappa shape index (κ3) is 6.99. The fourth-order valence-corrected chi connectivity index (χ4v) is 3.04. The van der Waals surface area contributed by atoms with Crippen LogP contribution >= 0.6 is 0 Å². The summed E-state index contributed by atoms with van der Waals surface area (Å²) in [5, 5.41) is 5.60. The molecule has 0 aliphatic carbocycles. The van der Waals surface area contributed by atoms with E-state index < -0.39 is 0 Å². The summed E-state index contributed by atoms with van der Waals surface area (Å²) in [6, 6.07) is 6.07. The highest BCUT2D eigenvalue weighted by atomic mass is 19.1. The number of unbranched alkanes of at least 4 members (excludes halogenated alkanes) is 1. The molecule has 2 rings (SSSR count). The molecule has 4 nitrogen and oxygen atoms in total. The fourth-order valence-electron chi connectivity index (χ4n) is 3.04. The van der Waals surface area contributed by atoms with E-state index in [0.717, 1.165) is 30.9 Å². The first-order chi connectivity index (χ1) is 11.1. The van der Waals surface area contributed by atoms with Gasteiger partial charge in [-0.1, -0.05) is 19.1 Å². The van der Waals surface area contributed by atoms with E-state index in [1.165, 1.54) is 38.1 Å². The van der Waals surface area contributed by atoms with E-state index in [1.807, 2.05) is 0 Å². The molecule has 0 unspecified atom stereocenters. The summed E-state index contributed by atoms with van der Waals surface area (Å²) in [7, 11) is 0. The molecular weight excluding hydrogens is 293 g/mol. The largest absolute Gasteiger partial charge is 0.338 e. The van der Waals surface area contributed by atoms with Gasteiger partial charge >= 0.3 is 6.03 Å². The number of hydrogen-bond acceptors (Lipinski definition) is 2. The highest BCUT2D eigenvalue weighted by Gasteiger charge is 2.15.